The maximum atomic E-state index is 12.7. The zero-order valence-corrected chi connectivity index (χ0v) is 15.4. The number of benzene rings is 2. The van der Waals surface area contributed by atoms with Crippen molar-refractivity contribution < 1.29 is 9.53 Å². The van der Waals surface area contributed by atoms with Crippen molar-refractivity contribution in [3.63, 3.8) is 0 Å². The smallest absolute Gasteiger partial charge is 0.252 e. The molecule has 3 rings (SSSR count). The second-order valence-electron chi connectivity index (χ2n) is 6.07. The van der Waals surface area contributed by atoms with Crippen LogP contribution in [0.1, 0.15) is 29.7 Å². The summed E-state index contributed by atoms with van der Waals surface area (Å²) in [5.74, 6) is -0.0509. The van der Waals surface area contributed by atoms with Crippen LogP contribution < -0.4 is 0 Å². The molecule has 0 N–H and O–H groups in total. The molecule has 2 aromatic carbocycles. The lowest BCUT2D eigenvalue weighted by molar-refractivity contribution is -0.170. The highest BCUT2D eigenvalue weighted by molar-refractivity contribution is 6.30. The normalized spacial score (nSPS) is 23.6. The standard InChI is InChI=1S/C20H19Cl2NO2/c1-3-4-17-20(24)23(2)18(13-5-9-15(21)10-6-13)19(25-17)14-7-11-16(22)12-8-14/h3,5-12,17-19H,1,4H2,2H3. The highest BCUT2D eigenvalue weighted by Crippen LogP contribution is 2.42. The summed E-state index contributed by atoms with van der Waals surface area (Å²) in [5.41, 5.74) is 1.94. The van der Waals surface area contributed by atoms with Crippen LogP contribution in [0.15, 0.2) is 61.2 Å². The molecule has 0 aromatic heterocycles. The maximum Gasteiger partial charge on any atom is 0.252 e. The summed E-state index contributed by atoms with van der Waals surface area (Å²) in [6, 6.07) is 14.8. The number of rotatable bonds is 4. The maximum absolute atomic E-state index is 12.7. The average Bonchev–Trinajstić information content (AvgIpc) is 2.61. The van der Waals surface area contributed by atoms with Gasteiger partial charge in [-0.15, -0.1) is 6.58 Å². The molecule has 1 saturated heterocycles. The Balaban J connectivity index is 2.03. The molecule has 0 spiro atoms. The first-order chi connectivity index (χ1) is 12.0. The molecule has 0 saturated carbocycles. The van der Waals surface area contributed by atoms with Crippen LogP contribution >= 0.6 is 23.2 Å². The molecule has 1 heterocycles. The van der Waals surface area contributed by atoms with Crippen molar-refractivity contribution in [3.8, 4) is 0 Å². The summed E-state index contributed by atoms with van der Waals surface area (Å²) in [7, 11) is 1.81. The number of carbonyl (C=O) groups excluding carboxylic acids is 1. The van der Waals surface area contributed by atoms with Gasteiger partial charge in [0, 0.05) is 23.5 Å². The first kappa shape index (κ1) is 18.0. The number of halogens is 2. The summed E-state index contributed by atoms with van der Waals surface area (Å²) in [5, 5.41) is 1.32. The Kier molecular flexibility index (Phi) is 5.48. The van der Waals surface area contributed by atoms with E-state index < -0.39 is 6.10 Å². The molecule has 1 aliphatic heterocycles. The molecule has 1 aliphatic rings. The van der Waals surface area contributed by atoms with Gasteiger partial charge in [0.15, 0.2) is 0 Å². The third-order valence-corrected chi connectivity index (χ3v) is 4.93. The Morgan fingerprint density at radius 3 is 2.08 bits per heavy atom. The molecule has 0 aliphatic carbocycles. The van der Waals surface area contributed by atoms with Gasteiger partial charge >= 0.3 is 0 Å². The molecule has 3 nitrogen and oxygen atoms in total. The summed E-state index contributed by atoms with van der Waals surface area (Å²) < 4.78 is 6.19. The van der Waals surface area contributed by atoms with Crippen molar-refractivity contribution in [2.75, 3.05) is 7.05 Å². The Hall–Kier alpha value is -1.81. The second kappa shape index (κ2) is 7.61. The van der Waals surface area contributed by atoms with Crippen LogP contribution in [0.2, 0.25) is 10.0 Å². The topological polar surface area (TPSA) is 29.5 Å². The number of carbonyl (C=O) groups is 1. The third kappa shape index (κ3) is 3.74. The number of likely N-dealkylation sites (N-methyl/N-ethyl adjacent to an activating group) is 1. The molecular formula is C20H19Cl2NO2. The van der Waals surface area contributed by atoms with Crippen LogP contribution in [-0.4, -0.2) is 24.0 Å². The van der Waals surface area contributed by atoms with E-state index in [1.54, 1.807) is 11.0 Å². The first-order valence-electron chi connectivity index (χ1n) is 8.05. The highest BCUT2D eigenvalue weighted by Gasteiger charge is 2.41. The summed E-state index contributed by atoms with van der Waals surface area (Å²) >= 11 is 12.0. The number of amides is 1. The predicted octanol–water partition coefficient (Wildman–Crippen LogP) is 5.21. The third-order valence-electron chi connectivity index (χ3n) is 4.43. The van der Waals surface area contributed by atoms with E-state index in [1.807, 2.05) is 55.6 Å². The van der Waals surface area contributed by atoms with E-state index in [1.165, 1.54) is 0 Å². The van der Waals surface area contributed by atoms with Gasteiger partial charge in [-0.05, 0) is 35.4 Å². The highest BCUT2D eigenvalue weighted by atomic mass is 35.5. The molecule has 3 unspecified atom stereocenters. The molecule has 130 valence electrons. The Morgan fingerprint density at radius 2 is 1.56 bits per heavy atom. The van der Waals surface area contributed by atoms with Crippen molar-refractivity contribution in [2.45, 2.75) is 24.7 Å². The SMILES string of the molecule is C=CCC1OC(c2ccc(Cl)cc2)C(c2ccc(Cl)cc2)N(C)C1=O. The lowest BCUT2D eigenvalue weighted by atomic mass is 9.91. The number of nitrogens with zero attached hydrogens (tertiary/aromatic N) is 1. The van der Waals surface area contributed by atoms with E-state index in [0.717, 1.165) is 11.1 Å². The van der Waals surface area contributed by atoms with E-state index in [0.29, 0.717) is 16.5 Å². The zero-order valence-electron chi connectivity index (χ0n) is 13.9. The van der Waals surface area contributed by atoms with Crippen molar-refractivity contribution in [3.05, 3.63) is 82.4 Å². The van der Waals surface area contributed by atoms with Crippen LogP contribution in [0.3, 0.4) is 0 Å². The first-order valence-corrected chi connectivity index (χ1v) is 8.81. The van der Waals surface area contributed by atoms with Gasteiger partial charge in [-0.3, -0.25) is 4.79 Å². The fourth-order valence-electron chi connectivity index (χ4n) is 3.16. The van der Waals surface area contributed by atoms with E-state index in [2.05, 4.69) is 6.58 Å². The summed E-state index contributed by atoms with van der Waals surface area (Å²) in [6.07, 6.45) is 1.34. The largest absolute Gasteiger partial charge is 0.358 e. The van der Waals surface area contributed by atoms with Gasteiger partial charge in [0.2, 0.25) is 0 Å². The Morgan fingerprint density at radius 1 is 1.04 bits per heavy atom. The van der Waals surface area contributed by atoms with Crippen LogP contribution in [0, 0.1) is 0 Å². The molecule has 3 atom stereocenters. The van der Waals surface area contributed by atoms with Crippen LogP contribution in [-0.2, 0) is 9.53 Å². The molecule has 0 bridgehead atoms. The van der Waals surface area contributed by atoms with Crippen LogP contribution in [0.25, 0.3) is 0 Å². The molecule has 5 heteroatoms. The van der Waals surface area contributed by atoms with Gasteiger partial charge in [-0.2, -0.15) is 0 Å². The lowest BCUT2D eigenvalue weighted by Gasteiger charge is -2.43. The van der Waals surface area contributed by atoms with Crippen LogP contribution in [0.5, 0.6) is 0 Å². The minimum Gasteiger partial charge on any atom is -0.358 e. The van der Waals surface area contributed by atoms with Crippen molar-refractivity contribution in [2.24, 2.45) is 0 Å². The zero-order chi connectivity index (χ0) is 18.0. The average molecular weight is 376 g/mol. The Bertz CT molecular complexity index is 758. The quantitative estimate of drug-likeness (QED) is 0.686. The fourth-order valence-corrected chi connectivity index (χ4v) is 3.41. The van der Waals surface area contributed by atoms with Gasteiger partial charge in [-0.25, -0.2) is 0 Å². The molecule has 0 radical (unpaired) electrons. The second-order valence-corrected chi connectivity index (χ2v) is 6.94. The monoisotopic (exact) mass is 375 g/mol. The number of hydrogen-bond donors (Lipinski definition) is 0. The Labute approximate surface area is 157 Å². The van der Waals surface area contributed by atoms with E-state index in [9.17, 15) is 4.79 Å². The van der Waals surface area contributed by atoms with Crippen LogP contribution in [0.4, 0.5) is 0 Å². The van der Waals surface area contributed by atoms with E-state index >= 15 is 0 Å². The molecule has 2 aromatic rings. The minimum absolute atomic E-state index is 0.0509. The molecule has 1 amide bonds. The molecule has 25 heavy (non-hydrogen) atoms. The minimum atomic E-state index is -0.535. The predicted molar refractivity (Wildman–Crippen MR) is 101 cm³/mol. The van der Waals surface area contributed by atoms with Gasteiger partial charge < -0.3 is 9.64 Å². The number of hydrogen-bond acceptors (Lipinski definition) is 2. The van der Waals surface area contributed by atoms with Gasteiger partial charge in [0.25, 0.3) is 5.91 Å². The van der Waals surface area contributed by atoms with E-state index in [4.69, 9.17) is 27.9 Å². The van der Waals surface area contributed by atoms with Crippen molar-refractivity contribution in [1.29, 1.82) is 0 Å². The molecular weight excluding hydrogens is 357 g/mol. The fraction of sp³-hybridized carbons (Fsp3) is 0.250. The van der Waals surface area contributed by atoms with Gasteiger partial charge in [-0.1, -0.05) is 53.5 Å². The van der Waals surface area contributed by atoms with Crippen molar-refractivity contribution >= 4 is 29.1 Å². The van der Waals surface area contributed by atoms with Gasteiger partial charge in [0.05, 0.1) is 6.04 Å². The molecule has 1 fully saturated rings. The van der Waals surface area contributed by atoms with Crippen molar-refractivity contribution in [1.82, 2.24) is 4.90 Å². The number of morpholine rings is 1. The number of ether oxygens (including phenoxy) is 1. The summed E-state index contributed by atoms with van der Waals surface area (Å²) in [4.78, 5) is 14.5. The van der Waals surface area contributed by atoms with E-state index in [-0.39, 0.29) is 18.1 Å². The lowest BCUT2D eigenvalue weighted by Crippen LogP contribution is -2.48. The van der Waals surface area contributed by atoms with Gasteiger partial charge in [0.1, 0.15) is 12.2 Å². The summed E-state index contributed by atoms with van der Waals surface area (Å²) in [6.45, 7) is 3.73.